The van der Waals surface area contributed by atoms with E-state index in [4.69, 9.17) is 4.74 Å². The first-order valence-electron chi connectivity index (χ1n) is 5.72. The molecule has 0 unspecified atom stereocenters. The maximum Gasteiger partial charge on any atom is 0.120 e. The normalized spacial score (nSPS) is 11.2. The number of rotatable bonds is 6. The second kappa shape index (κ2) is 5.75. The van der Waals surface area contributed by atoms with Gasteiger partial charge in [-0.1, -0.05) is 19.9 Å². The van der Waals surface area contributed by atoms with Crippen LogP contribution in [0.3, 0.4) is 0 Å². The van der Waals surface area contributed by atoms with E-state index in [2.05, 4.69) is 19.2 Å². The van der Waals surface area contributed by atoms with E-state index in [1.54, 1.807) is 7.11 Å². The van der Waals surface area contributed by atoms with Gasteiger partial charge in [-0.05, 0) is 25.0 Å². The largest absolute Gasteiger partial charge is 0.497 e. The molecular weight excluding hydrogens is 202 g/mol. The molecule has 0 saturated heterocycles. The molecule has 1 aromatic carbocycles. The second-order valence-corrected chi connectivity index (χ2v) is 4.00. The average Bonchev–Trinajstić information content (AvgIpc) is 2.36. The van der Waals surface area contributed by atoms with E-state index in [0.29, 0.717) is 0 Å². The molecule has 0 amide bonds. The molecule has 0 spiro atoms. The van der Waals surface area contributed by atoms with Gasteiger partial charge in [0.15, 0.2) is 0 Å². The molecule has 16 heavy (non-hydrogen) atoms. The molecule has 1 rings (SSSR count). The molecule has 1 aromatic rings. The van der Waals surface area contributed by atoms with Crippen LogP contribution in [0.15, 0.2) is 24.3 Å². The minimum Gasteiger partial charge on any atom is -0.497 e. The summed E-state index contributed by atoms with van der Waals surface area (Å²) in [4.78, 5) is 0. The van der Waals surface area contributed by atoms with Crippen molar-refractivity contribution in [3.8, 4) is 5.75 Å². The van der Waals surface area contributed by atoms with Crippen LogP contribution < -0.4 is 10.1 Å². The first-order chi connectivity index (χ1) is 7.69. The minimum absolute atomic E-state index is 0.136. The number of aliphatic hydroxyl groups is 1. The van der Waals surface area contributed by atoms with Crippen LogP contribution in [-0.2, 0) is 0 Å². The van der Waals surface area contributed by atoms with Gasteiger partial charge in [-0.3, -0.25) is 0 Å². The number of methoxy groups -OCH3 is 1. The quantitative estimate of drug-likeness (QED) is 0.779. The molecule has 3 nitrogen and oxygen atoms in total. The van der Waals surface area contributed by atoms with Crippen molar-refractivity contribution in [1.29, 1.82) is 0 Å². The van der Waals surface area contributed by atoms with Gasteiger partial charge < -0.3 is 15.2 Å². The Balaban J connectivity index is 2.84. The van der Waals surface area contributed by atoms with Gasteiger partial charge in [-0.15, -0.1) is 0 Å². The molecule has 0 fully saturated rings. The lowest BCUT2D eigenvalue weighted by molar-refractivity contribution is 0.202. The summed E-state index contributed by atoms with van der Waals surface area (Å²) in [7, 11) is 1.65. The molecule has 2 N–H and O–H groups in total. The highest BCUT2D eigenvalue weighted by Crippen LogP contribution is 2.24. The molecule has 0 radical (unpaired) electrons. The van der Waals surface area contributed by atoms with Gasteiger partial charge in [0.25, 0.3) is 0 Å². The summed E-state index contributed by atoms with van der Waals surface area (Å²) in [6.45, 7) is 4.29. The fraction of sp³-hybridized carbons (Fsp3) is 0.538. The Bertz CT molecular complexity index is 313. The second-order valence-electron chi connectivity index (χ2n) is 4.00. The molecule has 0 aliphatic rings. The molecule has 90 valence electrons. The number of anilines is 1. The van der Waals surface area contributed by atoms with Crippen molar-refractivity contribution >= 4 is 5.69 Å². The van der Waals surface area contributed by atoms with E-state index in [9.17, 15) is 5.11 Å². The Hall–Kier alpha value is -1.22. The molecule has 0 aliphatic heterocycles. The third-order valence-corrected chi connectivity index (χ3v) is 3.14. The lowest BCUT2D eigenvalue weighted by atomic mass is 9.93. The van der Waals surface area contributed by atoms with Gasteiger partial charge in [0, 0.05) is 11.8 Å². The number of hydrogen-bond acceptors (Lipinski definition) is 3. The van der Waals surface area contributed by atoms with Crippen LogP contribution in [0.1, 0.15) is 26.7 Å². The lowest BCUT2D eigenvalue weighted by Crippen LogP contribution is -2.40. The van der Waals surface area contributed by atoms with Crippen LogP contribution in [0, 0.1) is 0 Å². The van der Waals surface area contributed by atoms with Gasteiger partial charge in [0.05, 0.1) is 19.3 Å². The Labute approximate surface area is 97.4 Å². The Morgan fingerprint density at radius 1 is 1.31 bits per heavy atom. The van der Waals surface area contributed by atoms with Gasteiger partial charge in [-0.25, -0.2) is 0 Å². The summed E-state index contributed by atoms with van der Waals surface area (Å²) in [5.41, 5.74) is 0.754. The minimum atomic E-state index is -0.230. The van der Waals surface area contributed by atoms with E-state index in [-0.39, 0.29) is 12.1 Å². The van der Waals surface area contributed by atoms with Gasteiger partial charge in [0.1, 0.15) is 5.75 Å². The van der Waals surface area contributed by atoms with Crippen molar-refractivity contribution in [2.45, 2.75) is 32.2 Å². The molecule has 0 aromatic heterocycles. The van der Waals surface area contributed by atoms with Crippen molar-refractivity contribution in [2.24, 2.45) is 0 Å². The zero-order chi connectivity index (χ0) is 12.0. The number of nitrogens with one attached hydrogen (secondary N) is 1. The smallest absolute Gasteiger partial charge is 0.120 e. The average molecular weight is 223 g/mol. The highest BCUT2D eigenvalue weighted by Gasteiger charge is 2.24. The maximum absolute atomic E-state index is 9.47. The monoisotopic (exact) mass is 223 g/mol. The van der Waals surface area contributed by atoms with Crippen molar-refractivity contribution in [1.82, 2.24) is 0 Å². The van der Waals surface area contributed by atoms with Crippen molar-refractivity contribution in [3.05, 3.63) is 24.3 Å². The standard InChI is InChI=1S/C13H21NO2/c1-4-13(5-2,10-15)14-11-7-6-8-12(9-11)16-3/h6-9,14-15H,4-5,10H2,1-3H3. The van der Waals surface area contributed by atoms with Crippen LogP contribution in [0.25, 0.3) is 0 Å². The van der Waals surface area contributed by atoms with E-state index in [1.165, 1.54) is 0 Å². The Kier molecular flexibility index (Phi) is 4.62. The zero-order valence-electron chi connectivity index (χ0n) is 10.3. The van der Waals surface area contributed by atoms with E-state index >= 15 is 0 Å². The van der Waals surface area contributed by atoms with Crippen LogP contribution in [-0.4, -0.2) is 24.4 Å². The van der Waals surface area contributed by atoms with Crippen LogP contribution >= 0.6 is 0 Å². The topological polar surface area (TPSA) is 41.5 Å². The highest BCUT2D eigenvalue weighted by molar-refractivity contribution is 5.50. The molecule has 0 atom stereocenters. The maximum atomic E-state index is 9.47. The third-order valence-electron chi connectivity index (χ3n) is 3.14. The summed E-state index contributed by atoms with van der Waals surface area (Å²) in [5.74, 6) is 0.823. The molecule has 0 bridgehead atoms. The summed E-state index contributed by atoms with van der Waals surface area (Å²) >= 11 is 0. The number of benzene rings is 1. The lowest BCUT2D eigenvalue weighted by Gasteiger charge is -2.32. The predicted octanol–water partition coefficient (Wildman–Crippen LogP) is 2.66. The molecule has 3 heteroatoms. The van der Waals surface area contributed by atoms with Crippen molar-refractivity contribution < 1.29 is 9.84 Å². The first kappa shape index (κ1) is 12.8. The molecule has 0 aliphatic carbocycles. The number of aliphatic hydroxyl groups excluding tert-OH is 1. The highest BCUT2D eigenvalue weighted by atomic mass is 16.5. The van der Waals surface area contributed by atoms with Crippen LogP contribution in [0.2, 0.25) is 0 Å². The van der Waals surface area contributed by atoms with Gasteiger partial charge in [-0.2, -0.15) is 0 Å². The fourth-order valence-corrected chi connectivity index (χ4v) is 1.70. The Morgan fingerprint density at radius 3 is 2.50 bits per heavy atom. The number of hydrogen-bond donors (Lipinski definition) is 2. The summed E-state index contributed by atoms with van der Waals surface area (Å²) in [5, 5.41) is 12.9. The van der Waals surface area contributed by atoms with Gasteiger partial charge in [0.2, 0.25) is 0 Å². The fourth-order valence-electron chi connectivity index (χ4n) is 1.70. The van der Waals surface area contributed by atoms with Crippen LogP contribution in [0.4, 0.5) is 5.69 Å². The molecular formula is C13H21NO2. The molecule has 0 heterocycles. The van der Waals surface area contributed by atoms with Crippen LogP contribution in [0.5, 0.6) is 5.75 Å². The summed E-state index contributed by atoms with van der Waals surface area (Å²) < 4.78 is 5.17. The van der Waals surface area contributed by atoms with E-state index in [0.717, 1.165) is 24.3 Å². The zero-order valence-corrected chi connectivity index (χ0v) is 10.3. The number of ether oxygens (including phenoxy) is 1. The van der Waals surface area contributed by atoms with Crippen molar-refractivity contribution in [3.63, 3.8) is 0 Å². The molecule has 0 saturated carbocycles. The van der Waals surface area contributed by atoms with E-state index in [1.807, 2.05) is 24.3 Å². The third kappa shape index (κ3) is 2.89. The van der Waals surface area contributed by atoms with Crippen molar-refractivity contribution in [2.75, 3.05) is 19.0 Å². The summed E-state index contributed by atoms with van der Waals surface area (Å²) in [6, 6.07) is 7.77. The Morgan fingerprint density at radius 2 is 2.00 bits per heavy atom. The summed E-state index contributed by atoms with van der Waals surface area (Å²) in [6.07, 6.45) is 1.77. The predicted molar refractivity (Wildman–Crippen MR) is 67.0 cm³/mol. The van der Waals surface area contributed by atoms with Gasteiger partial charge >= 0.3 is 0 Å². The van der Waals surface area contributed by atoms with E-state index < -0.39 is 0 Å². The first-order valence-corrected chi connectivity index (χ1v) is 5.72. The SMILES string of the molecule is CCC(CC)(CO)Nc1cccc(OC)c1.